The minimum absolute atomic E-state index is 0.164. The van der Waals surface area contributed by atoms with E-state index in [0.717, 1.165) is 24.8 Å². The summed E-state index contributed by atoms with van der Waals surface area (Å²) in [7, 11) is -0.492. The van der Waals surface area contributed by atoms with Crippen molar-refractivity contribution in [2.75, 3.05) is 20.7 Å². The van der Waals surface area contributed by atoms with Gasteiger partial charge in [0.2, 0.25) is 27.7 Å². The number of allylic oxidation sites excluding steroid dienone is 1. The van der Waals surface area contributed by atoms with Gasteiger partial charge in [-0.3, -0.25) is 19.1 Å². The fraction of sp³-hybridized carbons (Fsp3) is 0.472. The van der Waals surface area contributed by atoms with E-state index in [1.165, 1.54) is 0 Å². The second-order valence-corrected chi connectivity index (χ2v) is 15.6. The first-order valence-corrected chi connectivity index (χ1v) is 18.5. The summed E-state index contributed by atoms with van der Waals surface area (Å²) in [5.41, 5.74) is 0.0216. The molecule has 4 aliphatic rings. The van der Waals surface area contributed by atoms with Crippen molar-refractivity contribution in [2.24, 2.45) is 17.8 Å². The van der Waals surface area contributed by atoms with Crippen molar-refractivity contribution in [2.45, 2.75) is 68.3 Å². The molecule has 0 spiro atoms. The number of hydrogen-bond donors (Lipinski definition) is 2. The predicted octanol–water partition coefficient (Wildman–Crippen LogP) is 3.76. The first-order chi connectivity index (χ1) is 23.6. The second-order valence-electron chi connectivity index (χ2n) is 13.7. The number of methoxy groups -OCH3 is 1. The van der Waals surface area contributed by atoms with Crippen LogP contribution < -0.4 is 19.5 Å². The maximum atomic E-state index is 14.2. The van der Waals surface area contributed by atoms with Crippen LogP contribution in [0, 0.1) is 17.8 Å². The fourth-order valence-corrected chi connectivity index (χ4v) is 8.43. The third-order valence-corrected chi connectivity index (χ3v) is 12.0. The molecule has 3 fully saturated rings. The molecule has 13 heteroatoms. The average Bonchev–Trinajstić information content (AvgIpc) is 4.02. The highest BCUT2D eigenvalue weighted by Gasteiger charge is 2.62. The van der Waals surface area contributed by atoms with Gasteiger partial charge in [0.15, 0.2) is 5.82 Å². The van der Waals surface area contributed by atoms with Crippen molar-refractivity contribution in [1.29, 1.82) is 0 Å². The first kappa shape index (κ1) is 33.0. The lowest BCUT2D eigenvalue weighted by Crippen LogP contribution is -2.54. The van der Waals surface area contributed by atoms with Gasteiger partial charge in [-0.1, -0.05) is 42.5 Å². The highest BCUT2D eigenvalue weighted by Crippen LogP contribution is 2.47. The molecule has 5 atom stereocenters. The molecule has 3 amide bonds. The number of sulfonamides is 1. The van der Waals surface area contributed by atoms with Gasteiger partial charge < -0.3 is 19.7 Å². The van der Waals surface area contributed by atoms with Crippen LogP contribution in [0.25, 0.3) is 22.3 Å². The number of amides is 3. The Hall–Kier alpha value is -4.52. The van der Waals surface area contributed by atoms with E-state index in [0.29, 0.717) is 47.7 Å². The van der Waals surface area contributed by atoms with Crippen LogP contribution in [0.1, 0.15) is 51.4 Å². The van der Waals surface area contributed by atoms with E-state index in [4.69, 9.17) is 19.4 Å². The van der Waals surface area contributed by atoms with Gasteiger partial charge in [0.25, 0.3) is 5.91 Å². The van der Waals surface area contributed by atoms with Crippen molar-refractivity contribution in [1.82, 2.24) is 24.9 Å². The monoisotopic (exact) mass is 687 g/mol. The molecule has 258 valence electrons. The Morgan fingerprint density at radius 2 is 1.82 bits per heavy atom. The Kier molecular flexibility index (Phi) is 8.80. The molecule has 2 aromatic carbocycles. The molecule has 12 nitrogen and oxygen atoms in total. The molecule has 2 N–H and O–H groups in total. The number of ether oxygens (including phenoxy) is 2. The predicted molar refractivity (Wildman–Crippen MR) is 182 cm³/mol. The van der Waals surface area contributed by atoms with Crippen molar-refractivity contribution in [3.05, 3.63) is 60.7 Å². The van der Waals surface area contributed by atoms with Crippen LogP contribution in [0.2, 0.25) is 0 Å². The number of aromatic nitrogens is 2. The van der Waals surface area contributed by atoms with Crippen LogP contribution in [0.15, 0.2) is 60.7 Å². The summed E-state index contributed by atoms with van der Waals surface area (Å²) in [6.07, 6.45) is 7.47. The number of carbonyl (C=O) groups is 3. The van der Waals surface area contributed by atoms with E-state index in [9.17, 15) is 22.8 Å². The second kappa shape index (κ2) is 13.1. The van der Waals surface area contributed by atoms with E-state index in [1.54, 1.807) is 25.1 Å². The fourth-order valence-electron chi connectivity index (χ4n) is 7.06. The summed E-state index contributed by atoms with van der Waals surface area (Å²) in [5.74, 6) is -1.79. The SMILES string of the molecule is COc1ccc2c(O[C@@H]3C[C@H]4C(=O)N[C@]5(C(=O)NS(=O)(=O)C6CC6)C[C@@H]5/C=C\CCCCN(C)C(=O)[C@@H]4C3)nc(-c3ccccc3)nc2c1. The molecule has 0 unspecified atom stereocenters. The maximum absolute atomic E-state index is 14.2. The number of carbonyl (C=O) groups excluding carboxylic acids is 3. The molecule has 2 heterocycles. The Morgan fingerprint density at radius 1 is 1.04 bits per heavy atom. The summed E-state index contributed by atoms with van der Waals surface area (Å²) in [4.78, 5) is 52.9. The largest absolute Gasteiger partial charge is 0.497 e. The summed E-state index contributed by atoms with van der Waals surface area (Å²) in [6.45, 7) is 0.552. The lowest BCUT2D eigenvalue weighted by Gasteiger charge is -2.26. The zero-order valence-corrected chi connectivity index (χ0v) is 28.4. The van der Waals surface area contributed by atoms with E-state index >= 15 is 0 Å². The first-order valence-electron chi connectivity index (χ1n) is 17.0. The molecule has 7 rings (SSSR count). The molecule has 0 bridgehead atoms. The number of hydrogen-bond acceptors (Lipinski definition) is 9. The number of nitrogens with zero attached hydrogens (tertiary/aromatic N) is 3. The smallest absolute Gasteiger partial charge is 0.259 e. The summed E-state index contributed by atoms with van der Waals surface area (Å²) >= 11 is 0. The van der Waals surface area contributed by atoms with E-state index in [1.807, 2.05) is 54.6 Å². The molecule has 3 aromatic rings. The van der Waals surface area contributed by atoms with Crippen LogP contribution in [-0.4, -0.2) is 78.6 Å². The highest BCUT2D eigenvalue weighted by molar-refractivity contribution is 7.91. The van der Waals surface area contributed by atoms with Gasteiger partial charge in [-0.15, -0.1) is 0 Å². The Labute approximate surface area is 285 Å². The number of nitrogens with one attached hydrogen (secondary N) is 2. The van der Waals surface area contributed by atoms with E-state index in [2.05, 4.69) is 10.0 Å². The molecule has 0 saturated heterocycles. The third kappa shape index (κ3) is 6.72. The van der Waals surface area contributed by atoms with Crippen LogP contribution in [0.5, 0.6) is 11.6 Å². The minimum Gasteiger partial charge on any atom is -0.497 e. The van der Waals surface area contributed by atoms with Gasteiger partial charge >= 0.3 is 0 Å². The van der Waals surface area contributed by atoms with Crippen molar-refractivity contribution >= 4 is 38.6 Å². The Morgan fingerprint density at radius 3 is 2.57 bits per heavy atom. The molecule has 3 aliphatic carbocycles. The van der Waals surface area contributed by atoms with Gasteiger partial charge in [-0.05, 0) is 63.5 Å². The topological polar surface area (TPSA) is 157 Å². The van der Waals surface area contributed by atoms with E-state index < -0.39 is 50.6 Å². The molecule has 1 aromatic heterocycles. The standard InChI is InChI=1S/C36H41N5O7S/c1-41-17-9-4-3-8-12-23-21-36(23,35(44)40-49(45,46)26-14-15-26)39-32(42)28-18-25(19-29(28)34(41)43)48-33-27-16-13-24(47-2)20-30(27)37-31(38-33)22-10-6-5-7-11-22/h5-8,10-13,16,20,23,25-26,28-29H,3-4,9,14-15,17-19,21H2,1-2H3,(H,39,42)(H,40,44)/b12-8-/t23-,25+,28+,29+,36+/m0/s1. The van der Waals surface area contributed by atoms with E-state index in [-0.39, 0.29) is 31.1 Å². The quantitative estimate of drug-likeness (QED) is 0.353. The normalized spacial score (nSPS) is 28.1. The lowest BCUT2D eigenvalue weighted by atomic mass is 9.93. The van der Waals surface area contributed by atoms with Gasteiger partial charge in [0.1, 0.15) is 17.4 Å². The van der Waals surface area contributed by atoms with Crippen LogP contribution in [0.4, 0.5) is 0 Å². The summed E-state index contributed by atoms with van der Waals surface area (Å²) in [5, 5.41) is 3.01. The molecule has 1 aliphatic heterocycles. The summed E-state index contributed by atoms with van der Waals surface area (Å²) < 4.78 is 39.7. The molecular weight excluding hydrogens is 646 g/mol. The van der Waals surface area contributed by atoms with Gasteiger partial charge in [0, 0.05) is 31.1 Å². The zero-order valence-electron chi connectivity index (χ0n) is 27.6. The Balaban J connectivity index is 1.19. The van der Waals surface area contributed by atoms with Crippen molar-refractivity contribution < 1.29 is 32.3 Å². The van der Waals surface area contributed by atoms with Crippen LogP contribution in [0.3, 0.4) is 0 Å². The molecule has 49 heavy (non-hydrogen) atoms. The summed E-state index contributed by atoms with van der Waals surface area (Å²) in [6, 6.07) is 15.0. The van der Waals surface area contributed by atoms with Crippen molar-refractivity contribution in [3.63, 3.8) is 0 Å². The van der Waals surface area contributed by atoms with Crippen molar-refractivity contribution in [3.8, 4) is 23.0 Å². The van der Waals surface area contributed by atoms with Crippen LogP contribution in [-0.2, 0) is 24.4 Å². The van der Waals surface area contributed by atoms with Gasteiger partial charge in [-0.25, -0.2) is 13.4 Å². The molecule has 0 radical (unpaired) electrons. The van der Waals surface area contributed by atoms with Gasteiger partial charge in [-0.2, -0.15) is 4.98 Å². The molecule has 3 saturated carbocycles. The number of benzene rings is 2. The lowest BCUT2D eigenvalue weighted by molar-refractivity contribution is -0.140. The Bertz CT molecular complexity index is 1920. The highest BCUT2D eigenvalue weighted by atomic mass is 32.2. The van der Waals surface area contributed by atoms with Crippen LogP contribution >= 0.6 is 0 Å². The number of fused-ring (bicyclic) bond motifs is 3. The zero-order chi connectivity index (χ0) is 34.3. The van der Waals surface area contributed by atoms with Gasteiger partial charge in [0.05, 0.1) is 35.1 Å². The average molecular weight is 688 g/mol. The maximum Gasteiger partial charge on any atom is 0.259 e. The minimum atomic E-state index is -3.82. The third-order valence-electron chi connectivity index (χ3n) is 10.2. The number of rotatable bonds is 7. The molecular formula is C36H41N5O7S.